The van der Waals surface area contributed by atoms with Crippen LogP contribution in [-0.2, 0) is 12.1 Å². The Balaban J connectivity index is 1.46. The number of aromatic nitrogens is 1. The molecule has 1 aliphatic heterocycles. The van der Waals surface area contributed by atoms with Gasteiger partial charge in [0, 0.05) is 37.1 Å². The molecule has 3 nitrogen and oxygen atoms in total. The van der Waals surface area contributed by atoms with Gasteiger partial charge in [-0.15, -0.1) is 0 Å². The second-order valence-corrected chi connectivity index (χ2v) is 9.12. The molecular weight excluding hydrogens is 332 g/mol. The summed E-state index contributed by atoms with van der Waals surface area (Å²) in [5, 5.41) is 10.1. The number of benzene rings is 1. The van der Waals surface area contributed by atoms with Crippen LogP contribution in [0.25, 0.3) is 0 Å². The number of hydrogen-bond acceptors (Lipinski definition) is 3. The predicted octanol–water partition coefficient (Wildman–Crippen LogP) is 5.06. The lowest BCUT2D eigenvalue weighted by molar-refractivity contribution is 0.0778. The molecule has 0 amide bonds. The Hall–Kier alpha value is -1.71. The molecule has 1 N–H and O–H groups in total. The lowest BCUT2D eigenvalue weighted by Gasteiger charge is -2.40. The quantitative estimate of drug-likeness (QED) is 0.744. The van der Waals surface area contributed by atoms with Crippen molar-refractivity contribution in [3.05, 3.63) is 65.0 Å². The Morgan fingerprint density at radius 3 is 2.26 bits per heavy atom. The van der Waals surface area contributed by atoms with Gasteiger partial charge in [-0.1, -0.05) is 51.1 Å². The van der Waals surface area contributed by atoms with Gasteiger partial charge in [0.05, 0.1) is 5.60 Å². The normalized spacial score (nSPS) is 17.1. The molecule has 1 saturated heterocycles. The average molecular weight is 367 g/mol. The number of rotatable bonds is 7. The van der Waals surface area contributed by atoms with E-state index in [9.17, 15) is 5.11 Å². The summed E-state index contributed by atoms with van der Waals surface area (Å²) < 4.78 is 0. The monoisotopic (exact) mass is 366 g/mol. The summed E-state index contributed by atoms with van der Waals surface area (Å²) in [4.78, 5) is 7.13. The highest BCUT2D eigenvalue weighted by atomic mass is 16.3. The molecule has 0 saturated carbocycles. The van der Waals surface area contributed by atoms with Crippen LogP contribution in [0, 0.1) is 5.92 Å². The fraction of sp³-hybridized carbons (Fsp3) is 0.542. The van der Waals surface area contributed by atoms with E-state index in [0.717, 1.165) is 23.7 Å². The van der Waals surface area contributed by atoms with Crippen LogP contribution < -0.4 is 0 Å². The van der Waals surface area contributed by atoms with Crippen LogP contribution in [0.5, 0.6) is 0 Å². The summed E-state index contributed by atoms with van der Waals surface area (Å²) >= 11 is 0. The fourth-order valence-corrected chi connectivity index (χ4v) is 3.90. The molecule has 1 aromatic carbocycles. The van der Waals surface area contributed by atoms with Crippen molar-refractivity contribution in [2.24, 2.45) is 5.92 Å². The van der Waals surface area contributed by atoms with E-state index < -0.39 is 5.60 Å². The SMILES string of the molecule is CC(C)c1ccc(CN2CC(CC(C)c3ccc(C(C)(C)O)cn3)C2)cc1. The van der Waals surface area contributed by atoms with Crippen molar-refractivity contribution < 1.29 is 5.11 Å². The smallest absolute Gasteiger partial charge is 0.0855 e. The Morgan fingerprint density at radius 2 is 1.74 bits per heavy atom. The zero-order valence-corrected chi connectivity index (χ0v) is 17.4. The maximum Gasteiger partial charge on any atom is 0.0855 e. The number of nitrogens with zero attached hydrogens (tertiary/aromatic N) is 2. The Morgan fingerprint density at radius 1 is 1.07 bits per heavy atom. The minimum Gasteiger partial charge on any atom is -0.386 e. The summed E-state index contributed by atoms with van der Waals surface area (Å²) in [5.74, 6) is 1.81. The highest BCUT2D eigenvalue weighted by molar-refractivity contribution is 5.25. The third-order valence-corrected chi connectivity index (χ3v) is 5.77. The molecule has 1 aliphatic rings. The number of aliphatic hydroxyl groups is 1. The Bertz CT molecular complexity index is 722. The Labute approximate surface area is 164 Å². The highest BCUT2D eigenvalue weighted by Crippen LogP contribution is 2.30. The summed E-state index contributed by atoms with van der Waals surface area (Å²) in [6, 6.07) is 13.2. The van der Waals surface area contributed by atoms with Crippen molar-refractivity contribution >= 4 is 0 Å². The second kappa shape index (κ2) is 8.12. The standard InChI is InChI=1S/C24H34N2O/c1-17(2)21-8-6-19(7-9-21)14-26-15-20(16-26)12-18(3)23-11-10-22(13-25-23)24(4,5)27/h6-11,13,17-18,20,27H,12,14-16H2,1-5H3. The van der Waals surface area contributed by atoms with Crippen molar-refractivity contribution in [3.63, 3.8) is 0 Å². The van der Waals surface area contributed by atoms with E-state index in [-0.39, 0.29) is 0 Å². The summed E-state index contributed by atoms with van der Waals surface area (Å²) in [6.45, 7) is 13.8. The first-order chi connectivity index (χ1) is 12.7. The van der Waals surface area contributed by atoms with Gasteiger partial charge in [0.15, 0.2) is 0 Å². The van der Waals surface area contributed by atoms with Gasteiger partial charge >= 0.3 is 0 Å². The molecule has 146 valence electrons. The number of likely N-dealkylation sites (tertiary alicyclic amines) is 1. The topological polar surface area (TPSA) is 36.4 Å². The van der Waals surface area contributed by atoms with Crippen LogP contribution in [-0.4, -0.2) is 28.1 Å². The molecule has 27 heavy (non-hydrogen) atoms. The number of pyridine rings is 1. The van der Waals surface area contributed by atoms with E-state index >= 15 is 0 Å². The second-order valence-electron chi connectivity index (χ2n) is 9.12. The molecule has 0 radical (unpaired) electrons. The predicted molar refractivity (Wildman–Crippen MR) is 112 cm³/mol. The summed E-state index contributed by atoms with van der Waals surface area (Å²) in [7, 11) is 0. The van der Waals surface area contributed by atoms with Crippen molar-refractivity contribution in [3.8, 4) is 0 Å². The lowest BCUT2D eigenvalue weighted by atomic mass is 9.87. The minimum absolute atomic E-state index is 0.457. The van der Waals surface area contributed by atoms with Gasteiger partial charge in [-0.25, -0.2) is 0 Å². The van der Waals surface area contributed by atoms with E-state index in [0.29, 0.717) is 11.8 Å². The molecule has 3 heteroatoms. The van der Waals surface area contributed by atoms with Gasteiger partial charge in [0.2, 0.25) is 0 Å². The third kappa shape index (κ3) is 5.18. The van der Waals surface area contributed by atoms with E-state index in [1.807, 2.05) is 12.3 Å². The molecular formula is C24H34N2O. The van der Waals surface area contributed by atoms with Crippen LogP contribution >= 0.6 is 0 Å². The Kier molecular flexibility index (Phi) is 6.02. The first-order valence-corrected chi connectivity index (χ1v) is 10.2. The molecule has 2 heterocycles. The maximum absolute atomic E-state index is 10.1. The molecule has 1 atom stereocenters. The minimum atomic E-state index is -0.823. The van der Waals surface area contributed by atoms with Crippen molar-refractivity contribution in [1.29, 1.82) is 0 Å². The summed E-state index contributed by atoms with van der Waals surface area (Å²) in [6.07, 6.45) is 3.00. The van der Waals surface area contributed by atoms with Gasteiger partial charge in [-0.3, -0.25) is 9.88 Å². The van der Waals surface area contributed by atoms with Crippen LogP contribution in [0.3, 0.4) is 0 Å². The van der Waals surface area contributed by atoms with Crippen LogP contribution in [0.1, 0.15) is 75.3 Å². The molecule has 3 rings (SSSR count). The van der Waals surface area contributed by atoms with E-state index in [2.05, 4.69) is 61.0 Å². The van der Waals surface area contributed by atoms with Gasteiger partial charge in [0.1, 0.15) is 0 Å². The molecule has 0 bridgehead atoms. The zero-order chi connectivity index (χ0) is 19.6. The van der Waals surface area contributed by atoms with E-state index in [1.165, 1.54) is 30.6 Å². The third-order valence-electron chi connectivity index (χ3n) is 5.77. The van der Waals surface area contributed by atoms with Gasteiger partial charge in [-0.05, 0) is 55.2 Å². The first-order valence-electron chi connectivity index (χ1n) is 10.2. The first kappa shape index (κ1) is 20.0. The maximum atomic E-state index is 10.1. The van der Waals surface area contributed by atoms with Gasteiger partial charge < -0.3 is 5.11 Å². The highest BCUT2D eigenvalue weighted by Gasteiger charge is 2.28. The van der Waals surface area contributed by atoms with Crippen LogP contribution in [0.15, 0.2) is 42.6 Å². The molecule has 1 unspecified atom stereocenters. The zero-order valence-electron chi connectivity index (χ0n) is 17.4. The average Bonchev–Trinajstić information content (AvgIpc) is 2.59. The van der Waals surface area contributed by atoms with Crippen LogP contribution in [0.2, 0.25) is 0 Å². The molecule has 0 spiro atoms. The molecule has 2 aromatic rings. The lowest BCUT2D eigenvalue weighted by Crippen LogP contribution is -2.46. The molecule has 1 aromatic heterocycles. The number of hydrogen-bond donors (Lipinski definition) is 1. The summed E-state index contributed by atoms with van der Waals surface area (Å²) in [5.41, 5.74) is 4.01. The van der Waals surface area contributed by atoms with E-state index in [1.54, 1.807) is 13.8 Å². The van der Waals surface area contributed by atoms with Crippen molar-refractivity contribution in [2.45, 2.75) is 65.0 Å². The van der Waals surface area contributed by atoms with Crippen LogP contribution in [0.4, 0.5) is 0 Å². The largest absolute Gasteiger partial charge is 0.386 e. The van der Waals surface area contributed by atoms with Crippen molar-refractivity contribution in [2.75, 3.05) is 13.1 Å². The molecule has 1 fully saturated rings. The molecule has 0 aliphatic carbocycles. The fourth-order valence-electron chi connectivity index (χ4n) is 3.90. The van der Waals surface area contributed by atoms with Gasteiger partial charge in [0.25, 0.3) is 0 Å². The van der Waals surface area contributed by atoms with Crippen molar-refractivity contribution in [1.82, 2.24) is 9.88 Å². The van der Waals surface area contributed by atoms with Gasteiger partial charge in [-0.2, -0.15) is 0 Å². The van der Waals surface area contributed by atoms with E-state index in [4.69, 9.17) is 0 Å².